The highest BCUT2D eigenvalue weighted by Gasteiger charge is 2.30. The third-order valence-electron chi connectivity index (χ3n) is 4.22. The number of carbonyl (C=O) groups is 1. The van der Waals surface area contributed by atoms with Gasteiger partial charge in [0.05, 0.1) is 0 Å². The molecule has 0 spiro atoms. The molecule has 1 aliphatic carbocycles. The highest BCUT2D eigenvalue weighted by Crippen LogP contribution is 2.29. The van der Waals surface area contributed by atoms with Crippen LogP contribution in [0.2, 0.25) is 0 Å². The Morgan fingerprint density at radius 3 is 2.95 bits per heavy atom. The zero-order valence-corrected chi connectivity index (χ0v) is 11.4. The maximum absolute atomic E-state index is 12.3. The molecule has 3 atom stereocenters. The Labute approximate surface area is 114 Å². The molecule has 1 amide bonds. The van der Waals surface area contributed by atoms with Crippen LogP contribution in [0.4, 0.5) is 0 Å². The quantitative estimate of drug-likeness (QED) is 0.886. The number of amides is 1. The van der Waals surface area contributed by atoms with E-state index >= 15 is 0 Å². The molecule has 0 radical (unpaired) electrons. The van der Waals surface area contributed by atoms with Crippen LogP contribution in [0.15, 0.2) is 24.3 Å². The summed E-state index contributed by atoms with van der Waals surface area (Å²) in [6, 6.07) is 8.24. The Bertz CT molecular complexity index is 447. The fourth-order valence-electron chi connectivity index (χ4n) is 3.19. The van der Waals surface area contributed by atoms with Gasteiger partial charge in [0.25, 0.3) is 5.91 Å². The van der Waals surface area contributed by atoms with Crippen molar-refractivity contribution in [2.45, 2.75) is 51.2 Å². The minimum Gasteiger partial charge on any atom is -0.480 e. The number of hydrogen-bond donors (Lipinski definition) is 1. The van der Waals surface area contributed by atoms with Crippen molar-refractivity contribution in [1.82, 2.24) is 5.32 Å². The molecule has 1 aromatic rings. The van der Waals surface area contributed by atoms with Crippen molar-refractivity contribution in [3.63, 3.8) is 0 Å². The van der Waals surface area contributed by atoms with E-state index in [9.17, 15) is 4.79 Å². The summed E-state index contributed by atoms with van der Waals surface area (Å²) in [7, 11) is 0. The largest absolute Gasteiger partial charge is 0.480 e. The maximum Gasteiger partial charge on any atom is 0.261 e. The number of ether oxygens (including phenoxy) is 1. The van der Waals surface area contributed by atoms with Crippen molar-refractivity contribution in [3.05, 3.63) is 29.8 Å². The molecule has 3 heteroatoms. The van der Waals surface area contributed by atoms with E-state index in [1.54, 1.807) is 0 Å². The summed E-state index contributed by atoms with van der Waals surface area (Å²) in [5, 5.41) is 3.16. The zero-order valence-electron chi connectivity index (χ0n) is 11.4. The van der Waals surface area contributed by atoms with Crippen molar-refractivity contribution < 1.29 is 9.53 Å². The summed E-state index contributed by atoms with van der Waals surface area (Å²) in [6.45, 7) is 2.26. The van der Waals surface area contributed by atoms with Gasteiger partial charge < -0.3 is 10.1 Å². The lowest BCUT2D eigenvalue weighted by Crippen LogP contribution is -2.44. The van der Waals surface area contributed by atoms with Crippen LogP contribution in [-0.2, 0) is 11.2 Å². The molecule has 1 N–H and O–H groups in total. The Kier molecular flexibility index (Phi) is 3.45. The zero-order chi connectivity index (χ0) is 13.2. The van der Waals surface area contributed by atoms with Gasteiger partial charge in [-0.1, -0.05) is 38.0 Å². The van der Waals surface area contributed by atoms with Crippen molar-refractivity contribution in [2.24, 2.45) is 5.92 Å². The first-order valence-electron chi connectivity index (χ1n) is 7.27. The Morgan fingerprint density at radius 2 is 2.16 bits per heavy atom. The van der Waals surface area contributed by atoms with Crippen LogP contribution in [0, 0.1) is 5.92 Å². The second-order valence-electron chi connectivity index (χ2n) is 5.90. The third-order valence-corrected chi connectivity index (χ3v) is 4.22. The van der Waals surface area contributed by atoms with Crippen LogP contribution in [-0.4, -0.2) is 18.1 Å². The summed E-state index contributed by atoms with van der Waals surface area (Å²) < 4.78 is 5.73. The monoisotopic (exact) mass is 259 g/mol. The molecule has 1 aromatic carbocycles. The minimum absolute atomic E-state index is 0.0512. The number of fused-ring (bicyclic) bond motifs is 1. The predicted octanol–water partition coefficient (Wildman–Crippen LogP) is 2.69. The number of hydrogen-bond acceptors (Lipinski definition) is 2. The lowest BCUT2D eigenvalue weighted by atomic mass is 9.87. The molecule has 102 valence electrons. The number of rotatable bonds is 2. The molecular formula is C16H21NO2. The number of benzene rings is 1. The fourth-order valence-corrected chi connectivity index (χ4v) is 3.19. The normalized spacial score (nSPS) is 29.4. The van der Waals surface area contributed by atoms with Gasteiger partial charge in [0.15, 0.2) is 6.10 Å². The second kappa shape index (κ2) is 5.24. The maximum atomic E-state index is 12.3. The van der Waals surface area contributed by atoms with E-state index in [0.717, 1.165) is 30.1 Å². The average molecular weight is 259 g/mol. The molecule has 3 unspecified atom stereocenters. The average Bonchev–Trinajstić information content (AvgIpc) is 2.82. The Hall–Kier alpha value is -1.51. The van der Waals surface area contributed by atoms with Crippen molar-refractivity contribution in [2.75, 3.05) is 0 Å². The van der Waals surface area contributed by atoms with Gasteiger partial charge >= 0.3 is 0 Å². The molecule has 1 fully saturated rings. The van der Waals surface area contributed by atoms with E-state index in [-0.39, 0.29) is 12.0 Å². The third kappa shape index (κ3) is 2.75. The molecule has 0 bridgehead atoms. The standard InChI is InChI=1S/C16H21NO2/c1-11-5-4-7-13(9-11)17-16(18)15-10-12-6-2-3-8-14(12)19-15/h2-3,6,8,11,13,15H,4-5,7,9-10H2,1H3,(H,17,18). The summed E-state index contributed by atoms with van der Waals surface area (Å²) in [6.07, 6.45) is 5.08. The van der Waals surface area contributed by atoms with Gasteiger partial charge in [-0.2, -0.15) is 0 Å². The summed E-state index contributed by atoms with van der Waals surface area (Å²) in [5.41, 5.74) is 1.14. The van der Waals surface area contributed by atoms with E-state index in [2.05, 4.69) is 12.2 Å². The van der Waals surface area contributed by atoms with Crippen LogP contribution in [0.3, 0.4) is 0 Å². The van der Waals surface area contributed by atoms with Crippen LogP contribution in [0.5, 0.6) is 5.75 Å². The van der Waals surface area contributed by atoms with Gasteiger partial charge in [0, 0.05) is 12.5 Å². The molecule has 1 saturated carbocycles. The van der Waals surface area contributed by atoms with E-state index in [1.165, 1.54) is 12.8 Å². The topological polar surface area (TPSA) is 38.3 Å². The molecule has 3 rings (SSSR count). The van der Waals surface area contributed by atoms with E-state index in [4.69, 9.17) is 4.74 Å². The first kappa shape index (κ1) is 12.5. The highest BCUT2D eigenvalue weighted by atomic mass is 16.5. The molecule has 2 aliphatic rings. The van der Waals surface area contributed by atoms with Crippen LogP contribution >= 0.6 is 0 Å². The van der Waals surface area contributed by atoms with E-state index in [1.807, 2.05) is 24.3 Å². The first-order valence-corrected chi connectivity index (χ1v) is 7.27. The SMILES string of the molecule is CC1CCCC(NC(=O)C2Cc3ccccc3O2)C1. The fraction of sp³-hybridized carbons (Fsp3) is 0.562. The number of nitrogens with one attached hydrogen (secondary N) is 1. The molecule has 19 heavy (non-hydrogen) atoms. The molecule has 0 aromatic heterocycles. The van der Waals surface area contributed by atoms with E-state index in [0.29, 0.717) is 12.5 Å². The number of para-hydroxylation sites is 1. The summed E-state index contributed by atoms with van der Waals surface area (Å²) in [4.78, 5) is 12.3. The minimum atomic E-state index is -0.338. The molecule has 0 saturated heterocycles. The van der Waals surface area contributed by atoms with Gasteiger partial charge in [-0.3, -0.25) is 4.79 Å². The van der Waals surface area contributed by atoms with Crippen LogP contribution < -0.4 is 10.1 Å². The summed E-state index contributed by atoms with van der Waals surface area (Å²) >= 11 is 0. The second-order valence-corrected chi connectivity index (χ2v) is 5.90. The van der Waals surface area contributed by atoms with Crippen molar-refractivity contribution in [3.8, 4) is 5.75 Å². The number of carbonyl (C=O) groups excluding carboxylic acids is 1. The first-order chi connectivity index (χ1) is 9.22. The molecular weight excluding hydrogens is 238 g/mol. The van der Waals surface area contributed by atoms with Gasteiger partial charge in [-0.15, -0.1) is 0 Å². The summed E-state index contributed by atoms with van der Waals surface area (Å²) in [5.74, 6) is 1.63. The molecule has 1 aliphatic heterocycles. The Morgan fingerprint density at radius 1 is 1.32 bits per heavy atom. The van der Waals surface area contributed by atoms with Crippen LogP contribution in [0.25, 0.3) is 0 Å². The van der Waals surface area contributed by atoms with Crippen LogP contribution in [0.1, 0.15) is 38.2 Å². The molecule has 1 heterocycles. The van der Waals surface area contributed by atoms with E-state index < -0.39 is 0 Å². The molecule has 3 nitrogen and oxygen atoms in total. The van der Waals surface area contributed by atoms with Gasteiger partial charge in [-0.25, -0.2) is 0 Å². The predicted molar refractivity (Wildman–Crippen MR) is 74.1 cm³/mol. The van der Waals surface area contributed by atoms with Gasteiger partial charge in [0.2, 0.25) is 0 Å². The van der Waals surface area contributed by atoms with Crippen molar-refractivity contribution >= 4 is 5.91 Å². The van der Waals surface area contributed by atoms with Crippen molar-refractivity contribution in [1.29, 1.82) is 0 Å². The van der Waals surface area contributed by atoms with Gasteiger partial charge in [0.1, 0.15) is 5.75 Å². The lowest BCUT2D eigenvalue weighted by Gasteiger charge is -2.28. The van der Waals surface area contributed by atoms with Gasteiger partial charge in [-0.05, 0) is 30.4 Å². The Balaban J connectivity index is 1.58. The lowest BCUT2D eigenvalue weighted by molar-refractivity contribution is -0.128. The smallest absolute Gasteiger partial charge is 0.261 e. The highest BCUT2D eigenvalue weighted by molar-refractivity contribution is 5.82.